The number of nitrogens with zero attached hydrogens (tertiary/aromatic N) is 1. The average molecular weight is 399 g/mol. The maximum absolute atomic E-state index is 10.2. The first-order chi connectivity index (χ1) is 12.0. The molecule has 0 unspecified atom stereocenters. The molecule has 5 nitrogen and oxygen atoms in total. The Labute approximate surface area is 155 Å². The van der Waals surface area contributed by atoms with E-state index in [9.17, 15) is 5.11 Å². The highest BCUT2D eigenvalue weighted by Gasteiger charge is 2.10. The number of pyridine rings is 1. The lowest BCUT2D eigenvalue weighted by Gasteiger charge is -2.12. The van der Waals surface area contributed by atoms with Gasteiger partial charge in [-0.3, -0.25) is 0 Å². The van der Waals surface area contributed by atoms with Crippen molar-refractivity contribution in [2.45, 2.75) is 6.54 Å². The molecular weight excluding hydrogens is 383 g/mol. The summed E-state index contributed by atoms with van der Waals surface area (Å²) in [7, 11) is 9.19. The number of halogens is 1. The van der Waals surface area contributed by atoms with Gasteiger partial charge < -0.3 is 19.9 Å². The normalized spacial score (nSPS) is 10.7. The summed E-state index contributed by atoms with van der Waals surface area (Å²) in [6.45, 7) is 0.470. The topological polar surface area (TPSA) is 63.6 Å². The summed E-state index contributed by atoms with van der Waals surface area (Å²) < 4.78 is 11.0. The highest BCUT2D eigenvalue weighted by Crippen LogP contribution is 2.30. The van der Waals surface area contributed by atoms with Crippen LogP contribution >= 0.6 is 15.9 Å². The Balaban J connectivity index is 1.88. The number of anilines is 1. The van der Waals surface area contributed by atoms with E-state index in [0.717, 1.165) is 11.4 Å². The molecule has 1 heterocycles. The van der Waals surface area contributed by atoms with Crippen LogP contribution in [0.2, 0.25) is 0 Å². The van der Waals surface area contributed by atoms with Crippen molar-refractivity contribution in [2.75, 3.05) is 19.5 Å². The molecule has 0 atom stereocenters. The van der Waals surface area contributed by atoms with Crippen LogP contribution in [0.4, 0.5) is 5.69 Å². The van der Waals surface area contributed by atoms with Crippen molar-refractivity contribution in [3.63, 3.8) is 0 Å². The molecule has 0 aliphatic rings. The third-order valence-corrected chi connectivity index (χ3v) is 4.43. The zero-order valence-electron chi connectivity index (χ0n) is 13.8. The van der Waals surface area contributed by atoms with Crippen LogP contribution in [0.1, 0.15) is 5.69 Å². The predicted molar refractivity (Wildman–Crippen MR) is 103 cm³/mol. The minimum Gasteiger partial charge on any atom is -0.505 e. The molecule has 1 aromatic heterocycles. The van der Waals surface area contributed by atoms with E-state index in [0.29, 0.717) is 38.9 Å². The SMILES string of the molecule is [B]c1cc(Br)c(O)c2nc(CNc3cc(OC)cc(OC)c3)ccc12. The van der Waals surface area contributed by atoms with Gasteiger partial charge in [-0.1, -0.05) is 17.6 Å². The van der Waals surface area contributed by atoms with Gasteiger partial charge in [0.1, 0.15) is 24.9 Å². The number of methoxy groups -OCH3 is 2. The fraction of sp³-hybridized carbons (Fsp3) is 0.167. The number of benzene rings is 2. The van der Waals surface area contributed by atoms with E-state index in [1.807, 2.05) is 24.3 Å². The molecule has 0 aliphatic carbocycles. The van der Waals surface area contributed by atoms with Crippen LogP contribution in [0.25, 0.3) is 10.9 Å². The first kappa shape index (κ1) is 17.4. The maximum atomic E-state index is 10.2. The molecule has 3 rings (SSSR count). The van der Waals surface area contributed by atoms with Gasteiger partial charge in [0.15, 0.2) is 5.75 Å². The molecule has 0 saturated heterocycles. The van der Waals surface area contributed by atoms with Gasteiger partial charge in [0.2, 0.25) is 0 Å². The average Bonchev–Trinajstić information content (AvgIpc) is 2.64. The van der Waals surface area contributed by atoms with Crippen LogP contribution in [-0.2, 0) is 6.54 Å². The highest BCUT2D eigenvalue weighted by molar-refractivity contribution is 9.10. The van der Waals surface area contributed by atoms with E-state index in [4.69, 9.17) is 17.3 Å². The van der Waals surface area contributed by atoms with Gasteiger partial charge in [-0.05, 0) is 27.4 Å². The fourth-order valence-electron chi connectivity index (χ4n) is 2.51. The Morgan fingerprint density at radius 1 is 1.12 bits per heavy atom. The summed E-state index contributed by atoms with van der Waals surface area (Å²) in [5.74, 6) is 1.47. The summed E-state index contributed by atoms with van der Waals surface area (Å²) in [5, 5.41) is 14.2. The number of fused-ring (bicyclic) bond motifs is 1. The third-order valence-electron chi connectivity index (χ3n) is 3.82. The number of ether oxygens (including phenoxy) is 2. The van der Waals surface area contributed by atoms with Crippen LogP contribution in [-0.4, -0.2) is 32.2 Å². The molecule has 0 fully saturated rings. The summed E-state index contributed by atoms with van der Waals surface area (Å²) in [6, 6.07) is 10.9. The summed E-state index contributed by atoms with van der Waals surface area (Å²) in [5.41, 5.74) is 2.64. The molecule has 3 aromatic rings. The second-order valence-corrected chi connectivity index (χ2v) is 6.30. The number of phenolic OH excluding ortho intramolecular Hbond substituents is 1. The van der Waals surface area contributed by atoms with Crippen molar-refractivity contribution in [2.24, 2.45) is 0 Å². The molecule has 2 radical (unpaired) electrons. The van der Waals surface area contributed by atoms with Crippen LogP contribution in [0.3, 0.4) is 0 Å². The van der Waals surface area contributed by atoms with Gasteiger partial charge in [-0.2, -0.15) is 0 Å². The summed E-state index contributed by atoms with van der Waals surface area (Å²) in [4.78, 5) is 4.51. The smallest absolute Gasteiger partial charge is 0.155 e. The fourth-order valence-corrected chi connectivity index (χ4v) is 2.94. The second-order valence-electron chi connectivity index (χ2n) is 5.45. The number of phenols is 1. The summed E-state index contributed by atoms with van der Waals surface area (Å²) >= 11 is 3.29. The van der Waals surface area contributed by atoms with Crippen molar-refractivity contribution >= 4 is 45.8 Å². The number of nitrogens with one attached hydrogen (secondary N) is 1. The lowest BCUT2D eigenvalue weighted by atomic mass is 9.91. The Bertz CT molecular complexity index is 912. The van der Waals surface area contributed by atoms with Gasteiger partial charge in [-0.15, -0.1) is 0 Å². The quantitative estimate of drug-likeness (QED) is 0.646. The lowest BCUT2D eigenvalue weighted by Crippen LogP contribution is -2.07. The lowest BCUT2D eigenvalue weighted by molar-refractivity contribution is 0.394. The number of aromatic hydroxyl groups is 1. The molecule has 2 aromatic carbocycles. The number of aromatic nitrogens is 1. The van der Waals surface area contributed by atoms with Crippen molar-refractivity contribution in [3.8, 4) is 17.2 Å². The third kappa shape index (κ3) is 3.66. The van der Waals surface area contributed by atoms with E-state index in [1.54, 1.807) is 26.4 Å². The van der Waals surface area contributed by atoms with Crippen molar-refractivity contribution in [1.29, 1.82) is 0 Å². The molecule has 0 bridgehead atoms. The van der Waals surface area contributed by atoms with Crippen molar-refractivity contribution < 1.29 is 14.6 Å². The number of rotatable bonds is 5. The van der Waals surface area contributed by atoms with Crippen LogP contribution in [0, 0.1) is 0 Å². The molecule has 0 amide bonds. The van der Waals surface area contributed by atoms with Crippen LogP contribution in [0.5, 0.6) is 17.2 Å². The first-order valence-electron chi connectivity index (χ1n) is 7.55. The Hall–Kier alpha value is -2.41. The first-order valence-corrected chi connectivity index (χ1v) is 8.34. The van der Waals surface area contributed by atoms with E-state index < -0.39 is 0 Å². The molecular formula is C18H16BBrN2O3. The van der Waals surface area contributed by atoms with E-state index in [-0.39, 0.29) is 5.75 Å². The molecule has 126 valence electrons. The van der Waals surface area contributed by atoms with Gasteiger partial charge in [0.25, 0.3) is 0 Å². The van der Waals surface area contributed by atoms with Gasteiger partial charge in [0.05, 0.1) is 30.9 Å². The highest BCUT2D eigenvalue weighted by atomic mass is 79.9. The van der Waals surface area contributed by atoms with Crippen molar-refractivity contribution in [1.82, 2.24) is 4.98 Å². The zero-order valence-corrected chi connectivity index (χ0v) is 15.4. The molecule has 0 aliphatic heterocycles. The van der Waals surface area contributed by atoms with Crippen LogP contribution < -0.4 is 20.3 Å². The van der Waals surface area contributed by atoms with Crippen LogP contribution in [0.15, 0.2) is 40.9 Å². The molecule has 25 heavy (non-hydrogen) atoms. The van der Waals surface area contributed by atoms with Crippen molar-refractivity contribution in [3.05, 3.63) is 46.6 Å². The number of hydrogen-bond acceptors (Lipinski definition) is 5. The second kappa shape index (κ2) is 7.23. The maximum Gasteiger partial charge on any atom is 0.155 e. The van der Waals surface area contributed by atoms with E-state index >= 15 is 0 Å². The number of hydrogen-bond donors (Lipinski definition) is 2. The molecule has 7 heteroatoms. The summed E-state index contributed by atoms with van der Waals surface area (Å²) in [6.07, 6.45) is 0. The van der Waals surface area contributed by atoms with E-state index in [2.05, 4.69) is 26.2 Å². The zero-order chi connectivity index (χ0) is 18.0. The minimum atomic E-state index is 0.0779. The van der Waals surface area contributed by atoms with Gasteiger partial charge >= 0.3 is 0 Å². The standard InChI is InChI=1S/C18H16BBrN2O3/c1-24-12-5-11(6-13(7-12)25-2)21-9-10-3-4-14-15(19)8-16(20)18(23)17(14)22-10/h3-8,21,23H,9H2,1-2H3. The van der Waals surface area contributed by atoms with Gasteiger partial charge in [0, 0.05) is 23.9 Å². The molecule has 0 spiro atoms. The Kier molecular flexibility index (Phi) is 5.04. The Morgan fingerprint density at radius 2 is 1.80 bits per heavy atom. The Morgan fingerprint density at radius 3 is 2.44 bits per heavy atom. The molecule has 0 saturated carbocycles. The molecule has 2 N–H and O–H groups in total. The van der Waals surface area contributed by atoms with E-state index in [1.165, 1.54) is 0 Å². The largest absolute Gasteiger partial charge is 0.505 e. The predicted octanol–water partition coefficient (Wildman–Crippen LogP) is 3.13. The monoisotopic (exact) mass is 398 g/mol. The van der Waals surface area contributed by atoms with Gasteiger partial charge in [-0.25, -0.2) is 4.98 Å². The minimum absolute atomic E-state index is 0.0779.